The molecular weight excluding hydrogens is 192 g/mol. The van der Waals surface area contributed by atoms with Crippen LogP contribution in [-0.4, -0.2) is 37.1 Å². The van der Waals surface area contributed by atoms with Gasteiger partial charge in [0, 0.05) is 13.2 Å². The van der Waals surface area contributed by atoms with Gasteiger partial charge in [-0.1, -0.05) is 6.42 Å². The number of hydrogen-bond donors (Lipinski definition) is 1. The first kappa shape index (κ1) is 12.9. The van der Waals surface area contributed by atoms with Gasteiger partial charge in [-0.15, -0.1) is 0 Å². The van der Waals surface area contributed by atoms with Crippen LogP contribution in [0.5, 0.6) is 0 Å². The number of aliphatic hydroxyl groups excluding tert-OH is 1. The highest BCUT2D eigenvalue weighted by atomic mass is 16.5. The van der Waals surface area contributed by atoms with Gasteiger partial charge in [0.05, 0.1) is 18.8 Å². The van der Waals surface area contributed by atoms with Crippen LogP contribution in [0.15, 0.2) is 0 Å². The van der Waals surface area contributed by atoms with Gasteiger partial charge in [0.1, 0.15) is 0 Å². The van der Waals surface area contributed by atoms with Crippen molar-refractivity contribution in [2.45, 2.75) is 51.7 Å². The summed E-state index contributed by atoms with van der Waals surface area (Å²) in [5.41, 5.74) is 0. The van der Waals surface area contributed by atoms with E-state index in [4.69, 9.17) is 9.47 Å². The van der Waals surface area contributed by atoms with Crippen molar-refractivity contribution in [3.63, 3.8) is 0 Å². The summed E-state index contributed by atoms with van der Waals surface area (Å²) in [7, 11) is 0. The molecule has 0 heterocycles. The van der Waals surface area contributed by atoms with Gasteiger partial charge < -0.3 is 14.6 Å². The molecule has 3 nitrogen and oxygen atoms in total. The Hall–Kier alpha value is -0.120. The minimum absolute atomic E-state index is 0.0872. The summed E-state index contributed by atoms with van der Waals surface area (Å²) in [6.45, 7) is 6.18. The Kier molecular flexibility index (Phi) is 6.22. The average Bonchev–Trinajstić information content (AvgIpc) is 2.61. The molecule has 0 bridgehead atoms. The minimum atomic E-state index is -0.0872. The molecule has 1 fully saturated rings. The third-order valence-corrected chi connectivity index (χ3v) is 3.07. The Balaban J connectivity index is 2.00. The van der Waals surface area contributed by atoms with Gasteiger partial charge in [-0.3, -0.25) is 0 Å². The zero-order chi connectivity index (χ0) is 11.1. The Bertz CT molecular complexity index is 161. The third kappa shape index (κ3) is 4.96. The molecular formula is C12H24O3. The topological polar surface area (TPSA) is 38.7 Å². The van der Waals surface area contributed by atoms with Crippen molar-refractivity contribution in [2.24, 2.45) is 5.92 Å². The number of hydrogen-bond acceptors (Lipinski definition) is 3. The summed E-state index contributed by atoms with van der Waals surface area (Å²) >= 11 is 0. The van der Waals surface area contributed by atoms with Crippen molar-refractivity contribution in [1.82, 2.24) is 0 Å². The van der Waals surface area contributed by atoms with E-state index in [9.17, 15) is 5.11 Å². The van der Waals surface area contributed by atoms with E-state index in [1.54, 1.807) is 0 Å². The van der Waals surface area contributed by atoms with Gasteiger partial charge in [0.15, 0.2) is 0 Å². The fourth-order valence-electron chi connectivity index (χ4n) is 2.11. The van der Waals surface area contributed by atoms with Crippen LogP contribution in [-0.2, 0) is 9.47 Å². The molecule has 0 aliphatic heterocycles. The molecule has 3 unspecified atom stereocenters. The van der Waals surface area contributed by atoms with Gasteiger partial charge >= 0.3 is 0 Å². The lowest BCUT2D eigenvalue weighted by Crippen LogP contribution is -2.20. The summed E-state index contributed by atoms with van der Waals surface area (Å²) < 4.78 is 10.9. The molecule has 0 aromatic carbocycles. The Morgan fingerprint density at radius 3 is 2.80 bits per heavy atom. The Labute approximate surface area is 92.8 Å². The predicted octanol–water partition coefficient (Wildman–Crippen LogP) is 1.98. The van der Waals surface area contributed by atoms with Crippen LogP contribution in [0.2, 0.25) is 0 Å². The van der Waals surface area contributed by atoms with Crippen molar-refractivity contribution < 1.29 is 14.6 Å². The summed E-state index contributed by atoms with van der Waals surface area (Å²) in [6, 6.07) is 0. The normalized spacial score (nSPS) is 28.2. The Morgan fingerprint density at radius 1 is 1.40 bits per heavy atom. The molecule has 1 rings (SSSR count). The summed E-state index contributed by atoms with van der Waals surface area (Å²) in [5.74, 6) is 0.462. The zero-order valence-corrected chi connectivity index (χ0v) is 9.95. The van der Waals surface area contributed by atoms with E-state index in [1.165, 1.54) is 6.42 Å². The average molecular weight is 216 g/mol. The van der Waals surface area contributed by atoms with Gasteiger partial charge in [0.25, 0.3) is 0 Å². The van der Waals surface area contributed by atoms with Crippen molar-refractivity contribution >= 4 is 0 Å². The maximum atomic E-state index is 9.62. The Morgan fingerprint density at radius 2 is 2.20 bits per heavy atom. The van der Waals surface area contributed by atoms with E-state index in [0.29, 0.717) is 12.5 Å². The highest BCUT2D eigenvalue weighted by Gasteiger charge is 2.24. The van der Waals surface area contributed by atoms with Gasteiger partial charge in [0.2, 0.25) is 0 Å². The van der Waals surface area contributed by atoms with E-state index in [2.05, 4.69) is 0 Å². The van der Waals surface area contributed by atoms with Crippen LogP contribution in [0.25, 0.3) is 0 Å². The van der Waals surface area contributed by atoms with Crippen molar-refractivity contribution in [2.75, 3.05) is 19.8 Å². The fraction of sp³-hybridized carbons (Fsp3) is 1.00. The molecule has 1 aliphatic rings. The first-order valence-electron chi connectivity index (χ1n) is 6.11. The lowest BCUT2D eigenvalue weighted by atomic mass is 10.0. The van der Waals surface area contributed by atoms with Crippen LogP contribution in [0.4, 0.5) is 0 Å². The van der Waals surface area contributed by atoms with Crippen molar-refractivity contribution in [1.29, 1.82) is 0 Å². The lowest BCUT2D eigenvalue weighted by molar-refractivity contribution is -0.0125. The van der Waals surface area contributed by atoms with E-state index < -0.39 is 0 Å². The largest absolute Gasteiger partial charge is 0.393 e. The second-order valence-electron chi connectivity index (χ2n) is 4.39. The highest BCUT2D eigenvalue weighted by molar-refractivity contribution is 4.76. The molecule has 3 heteroatoms. The van der Waals surface area contributed by atoms with Crippen LogP contribution in [0.3, 0.4) is 0 Å². The summed E-state index contributed by atoms with van der Waals surface area (Å²) in [6.07, 6.45) is 4.36. The second kappa shape index (κ2) is 7.20. The predicted molar refractivity (Wildman–Crippen MR) is 59.9 cm³/mol. The molecule has 1 saturated carbocycles. The van der Waals surface area contributed by atoms with Gasteiger partial charge in [-0.25, -0.2) is 0 Å². The van der Waals surface area contributed by atoms with Crippen LogP contribution in [0.1, 0.15) is 39.5 Å². The summed E-state index contributed by atoms with van der Waals surface area (Å²) in [4.78, 5) is 0. The fourth-order valence-corrected chi connectivity index (χ4v) is 2.11. The molecule has 0 amide bonds. The smallest absolute Gasteiger partial charge is 0.0780 e. The standard InChI is InChI=1S/C12H24O3/c1-3-14-9-10(2)15-8-7-11-5-4-6-12(11)13/h10-13H,3-9H2,1-2H3. The van der Waals surface area contributed by atoms with Gasteiger partial charge in [-0.2, -0.15) is 0 Å². The lowest BCUT2D eigenvalue weighted by Gasteiger charge is -2.17. The molecule has 3 atom stereocenters. The molecule has 15 heavy (non-hydrogen) atoms. The second-order valence-corrected chi connectivity index (χ2v) is 4.39. The van der Waals surface area contributed by atoms with Crippen LogP contribution < -0.4 is 0 Å². The maximum Gasteiger partial charge on any atom is 0.0780 e. The zero-order valence-electron chi connectivity index (χ0n) is 9.95. The van der Waals surface area contributed by atoms with Crippen LogP contribution >= 0.6 is 0 Å². The van der Waals surface area contributed by atoms with Crippen LogP contribution in [0, 0.1) is 5.92 Å². The first-order chi connectivity index (χ1) is 7.24. The van der Waals surface area contributed by atoms with Gasteiger partial charge in [-0.05, 0) is 39.0 Å². The van der Waals surface area contributed by atoms with Crippen molar-refractivity contribution in [3.05, 3.63) is 0 Å². The maximum absolute atomic E-state index is 9.62. The van der Waals surface area contributed by atoms with E-state index in [1.807, 2.05) is 13.8 Å². The number of ether oxygens (including phenoxy) is 2. The molecule has 0 saturated heterocycles. The molecule has 0 aromatic heterocycles. The monoisotopic (exact) mass is 216 g/mol. The summed E-state index contributed by atoms with van der Waals surface area (Å²) in [5, 5.41) is 9.62. The quantitative estimate of drug-likeness (QED) is 0.707. The number of aliphatic hydroxyl groups is 1. The van der Waals surface area contributed by atoms with E-state index in [0.717, 1.165) is 32.5 Å². The molecule has 90 valence electrons. The molecule has 0 spiro atoms. The molecule has 1 aliphatic carbocycles. The molecule has 0 aromatic rings. The third-order valence-electron chi connectivity index (χ3n) is 3.07. The number of rotatable bonds is 7. The van der Waals surface area contributed by atoms with E-state index in [-0.39, 0.29) is 12.2 Å². The molecule has 1 N–H and O–H groups in total. The van der Waals surface area contributed by atoms with Crippen molar-refractivity contribution in [3.8, 4) is 0 Å². The minimum Gasteiger partial charge on any atom is -0.393 e. The molecule has 0 radical (unpaired) electrons. The SMILES string of the molecule is CCOCC(C)OCCC1CCCC1O. The van der Waals surface area contributed by atoms with E-state index >= 15 is 0 Å². The highest BCUT2D eigenvalue weighted by Crippen LogP contribution is 2.28. The first-order valence-corrected chi connectivity index (χ1v) is 6.11.